The maximum Gasteiger partial charge on any atom is 0.328 e. The molecule has 0 saturated carbocycles. The fourth-order valence-corrected chi connectivity index (χ4v) is 2.19. The lowest BCUT2D eigenvalue weighted by atomic mass is 10.1. The van der Waals surface area contributed by atoms with Crippen molar-refractivity contribution in [2.45, 2.75) is 26.3 Å². The monoisotopic (exact) mass is 238 g/mol. The molecule has 0 bridgehead atoms. The van der Waals surface area contributed by atoms with Crippen LogP contribution >= 0.6 is 0 Å². The molecule has 6 heteroatoms. The van der Waals surface area contributed by atoms with Gasteiger partial charge in [-0.2, -0.15) is 0 Å². The fraction of sp³-hybridized carbons (Fsp3) is 0.545. The molecule has 2 rings (SSSR count). The van der Waals surface area contributed by atoms with E-state index in [4.69, 9.17) is 5.11 Å². The van der Waals surface area contributed by atoms with Crippen LogP contribution in [0.2, 0.25) is 0 Å². The zero-order chi connectivity index (χ0) is 12.7. The Hall–Kier alpha value is -1.85. The van der Waals surface area contributed by atoms with Gasteiger partial charge in [0.25, 0.3) is 5.91 Å². The number of aliphatic carboxylic acids is 1. The number of rotatable bonds is 2. The van der Waals surface area contributed by atoms with Gasteiger partial charge in [0.15, 0.2) is 6.04 Å². The van der Waals surface area contributed by atoms with Gasteiger partial charge in [-0.3, -0.25) is 9.59 Å². The molecule has 2 aliphatic heterocycles. The predicted octanol–water partition coefficient (Wildman–Crippen LogP) is 0.0115. The first-order valence-electron chi connectivity index (χ1n) is 5.48. The number of carboxylic acid groups (broad SMARTS) is 1. The van der Waals surface area contributed by atoms with E-state index in [2.05, 4.69) is 0 Å². The molecule has 1 N–H and O–H groups in total. The molecule has 1 fully saturated rings. The van der Waals surface area contributed by atoms with Crippen LogP contribution in [0.15, 0.2) is 11.6 Å². The summed E-state index contributed by atoms with van der Waals surface area (Å²) in [4.78, 5) is 34.8. The molecule has 2 aliphatic rings. The minimum absolute atomic E-state index is 0.247. The Morgan fingerprint density at radius 3 is 2.59 bits per heavy atom. The average molecular weight is 238 g/mol. The Balaban J connectivity index is 2.27. The zero-order valence-corrected chi connectivity index (χ0v) is 9.71. The van der Waals surface area contributed by atoms with Gasteiger partial charge < -0.3 is 5.11 Å². The molecule has 0 aromatic rings. The number of carboxylic acids is 1. The summed E-state index contributed by atoms with van der Waals surface area (Å²) < 4.78 is 0. The van der Waals surface area contributed by atoms with Gasteiger partial charge in [-0.1, -0.05) is 13.0 Å². The number of nitrogens with zero attached hydrogens (tertiary/aromatic N) is 2. The molecule has 0 spiro atoms. The maximum atomic E-state index is 11.9. The molecule has 2 amide bonds. The summed E-state index contributed by atoms with van der Waals surface area (Å²) in [7, 11) is 0. The average Bonchev–Trinajstić information content (AvgIpc) is 2.73. The number of hydrogen-bond donors (Lipinski definition) is 1. The van der Waals surface area contributed by atoms with Crippen LogP contribution in [0, 0.1) is 5.92 Å². The van der Waals surface area contributed by atoms with Crippen molar-refractivity contribution < 1.29 is 19.5 Å². The van der Waals surface area contributed by atoms with E-state index in [1.54, 1.807) is 19.9 Å². The highest BCUT2D eigenvalue weighted by Crippen LogP contribution is 2.28. The van der Waals surface area contributed by atoms with Crippen molar-refractivity contribution in [3.8, 4) is 0 Å². The van der Waals surface area contributed by atoms with Crippen molar-refractivity contribution in [2.24, 2.45) is 5.92 Å². The molecule has 0 aromatic heterocycles. The van der Waals surface area contributed by atoms with Crippen molar-refractivity contribution in [3.05, 3.63) is 11.6 Å². The molecular formula is C11H14N2O4. The second-order valence-electron chi connectivity index (χ2n) is 4.45. The quantitative estimate of drug-likeness (QED) is 0.735. The molecule has 17 heavy (non-hydrogen) atoms. The van der Waals surface area contributed by atoms with E-state index in [0.29, 0.717) is 5.57 Å². The first-order chi connectivity index (χ1) is 7.93. The second-order valence-corrected chi connectivity index (χ2v) is 4.45. The number of carbonyl (C=O) groups is 3. The molecule has 2 unspecified atom stereocenters. The highest BCUT2D eigenvalue weighted by Gasteiger charge is 2.46. The lowest BCUT2D eigenvalue weighted by Crippen LogP contribution is -2.52. The van der Waals surface area contributed by atoms with Crippen LogP contribution in [0.1, 0.15) is 20.3 Å². The standard InChI is InChI=1S/C11H14N2O4/c1-6-3-4-12(9(6)14)13-8(11(16)17)5-7(2)10(13)15/h3,7-8H,4-5H2,1-2H3,(H,16,17). The van der Waals surface area contributed by atoms with E-state index in [1.165, 1.54) is 5.01 Å². The Morgan fingerprint density at radius 2 is 2.12 bits per heavy atom. The van der Waals surface area contributed by atoms with E-state index in [9.17, 15) is 14.4 Å². The number of amides is 2. The van der Waals surface area contributed by atoms with Gasteiger partial charge in [0.2, 0.25) is 5.91 Å². The third-order valence-electron chi connectivity index (χ3n) is 3.21. The van der Waals surface area contributed by atoms with Gasteiger partial charge >= 0.3 is 5.97 Å². The summed E-state index contributed by atoms with van der Waals surface area (Å²) in [5.41, 5.74) is 0.543. The SMILES string of the molecule is CC1=CCN(N2C(=O)C(C)CC2C(=O)O)C1=O. The minimum Gasteiger partial charge on any atom is -0.480 e. The second kappa shape index (κ2) is 3.87. The minimum atomic E-state index is -1.07. The van der Waals surface area contributed by atoms with Crippen molar-refractivity contribution in [1.29, 1.82) is 0 Å². The molecular weight excluding hydrogens is 224 g/mol. The van der Waals surface area contributed by atoms with E-state index in [1.807, 2.05) is 0 Å². The third-order valence-corrected chi connectivity index (χ3v) is 3.21. The van der Waals surface area contributed by atoms with Crippen LogP contribution in [0.5, 0.6) is 0 Å². The van der Waals surface area contributed by atoms with E-state index in [-0.39, 0.29) is 30.7 Å². The molecule has 0 aromatic carbocycles. The van der Waals surface area contributed by atoms with Crippen molar-refractivity contribution in [2.75, 3.05) is 6.54 Å². The highest BCUT2D eigenvalue weighted by molar-refractivity contribution is 5.98. The van der Waals surface area contributed by atoms with Gasteiger partial charge in [0, 0.05) is 11.5 Å². The summed E-state index contributed by atoms with van der Waals surface area (Å²) >= 11 is 0. The fourth-order valence-electron chi connectivity index (χ4n) is 2.19. The Kier molecular flexibility index (Phi) is 2.65. The third kappa shape index (κ3) is 1.69. The van der Waals surface area contributed by atoms with Crippen LogP contribution in [-0.4, -0.2) is 45.5 Å². The summed E-state index contributed by atoms with van der Waals surface area (Å²) in [5, 5.41) is 11.4. The maximum absolute atomic E-state index is 11.9. The summed E-state index contributed by atoms with van der Waals surface area (Å²) in [6, 6.07) is -0.930. The number of carbonyl (C=O) groups excluding carboxylic acids is 2. The molecule has 0 aliphatic carbocycles. The van der Waals surface area contributed by atoms with E-state index in [0.717, 1.165) is 5.01 Å². The molecule has 6 nitrogen and oxygen atoms in total. The zero-order valence-electron chi connectivity index (χ0n) is 9.71. The number of hydrogen-bond acceptors (Lipinski definition) is 3. The van der Waals surface area contributed by atoms with Gasteiger partial charge in [0.05, 0.1) is 6.54 Å². The topological polar surface area (TPSA) is 77.9 Å². The molecule has 0 radical (unpaired) electrons. The summed E-state index contributed by atoms with van der Waals surface area (Å²) in [5.74, 6) is -2.02. The summed E-state index contributed by atoms with van der Waals surface area (Å²) in [6.45, 7) is 3.61. The van der Waals surface area contributed by atoms with Crippen LogP contribution in [0.3, 0.4) is 0 Å². The van der Waals surface area contributed by atoms with Gasteiger partial charge in [-0.25, -0.2) is 14.8 Å². The van der Waals surface area contributed by atoms with Gasteiger partial charge in [-0.05, 0) is 13.3 Å². The molecule has 2 heterocycles. The van der Waals surface area contributed by atoms with E-state index < -0.39 is 12.0 Å². The predicted molar refractivity (Wildman–Crippen MR) is 57.5 cm³/mol. The van der Waals surface area contributed by atoms with Crippen LogP contribution < -0.4 is 0 Å². The van der Waals surface area contributed by atoms with Crippen molar-refractivity contribution in [3.63, 3.8) is 0 Å². The van der Waals surface area contributed by atoms with Crippen molar-refractivity contribution in [1.82, 2.24) is 10.0 Å². The summed E-state index contributed by atoms with van der Waals surface area (Å²) in [6.07, 6.45) is 1.94. The van der Waals surface area contributed by atoms with Crippen LogP contribution in [-0.2, 0) is 14.4 Å². The number of hydrazine groups is 1. The van der Waals surface area contributed by atoms with E-state index >= 15 is 0 Å². The molecule has 1 saturated heterocycles. The normalized spacial score (nSPS) is 28.9. The lowest BCUT2D eigenvalue weighted by molar-refractivity contribution is -0.166. The van der Waals surface area contributed by atoms with Crippen LogP contribution in [0.25, 0.3) is 0 Å². The first kappa shape index (κ1) is 11.6. The Morgan fingerprint density at radius 1 is 1.47 bits per heavy atom. The van der Waals surface area contributed by atoms with Crippen molar-refractivity contribution >= 4 is 17.8 Å². The highest BCUT2D eigenvalue weighted by atomic mass is 16.4. The smallest absolute Gasteiger partial charge is 0.328 e. The largest absolute Gasteiger partial charge is 0.480 e. The van der Waals surface area contributed by atoms with Gasteiger partial charge in [-0.15, -0.1) is 0 Å². The molecule has 2 atom stereocenters. The first-order valence-corrected chi connectivity index (χ1v) is 5.48. The van der Waals surface area contributed by atoms with Crippen LogP contribution in [0.4, 0.5) is 0 Å². The molecule has 92 valence electrons. The Labute approximate surface area is 98.5 Å². The lowest BCUT2D eigenvalue weighted by Gasteiger charge is -2.31. The Bertz CT molecular complexity index is 429. The van der Waals surface area contributed by atoms with Gasteiger partial charge in [0.1, 0.15) is 0 Å².